The van der Waals surface area contributed by atoms with Gasteiger partial charge in [-0.3, -0.25) is 0 Å². The summed E-state index contributed by atoms with van der Waals surface area (Å²) in [5.41, 5.74) is -0.673. The molecule has 37 heteroatoms. The molecular formula is C39H19F32N3O2. The molecule has 0 spiro atoms. The SMILES string of the molecule is FC(F)C(F)(F)C(F)(F)C(F)(F)C(F)(F)C(F)(F)C(F)(F)C(F)(F)COc1nc(OCC(F)(F)C(F)(F)C(F)(F)C(F)(F)C(F)(F)C(F)(F)C(F)(F)C(F)F)nc(-c2cc(-c3ccccc3)cc(-c3ccccc3)c2)n1. The zero-order valence-corrected chi connectivity index (χ0v) is 35.3. The number of halogens is 32. The van der Waals surface area contributed by atoms with Crippen LogP contribution in [0.3, 0.4) is 0 Å². The smallest absolute Gasteiger partial charge is 0.385 e. The Balaban J connectivity index is 1.89. The number of benzene rings is 3. The van der Waals surface area contributed by atoms with E-state index in [-0.39, 0.29) is 22.3 Å². The summed E-state index contributed by atoms with van der Waals surface area (Å²) in [4.78, 5) is 8.69. The largest absolute Gasteiger partial charge is 0.457 e. The van der Waals surface area contributed by atoms with Gasteiger partial charge in [-0.1, -0.05) is 60.7 Å². The lowest BCUT2D eigenvalue weighted by Gasteiger charge is -2.42. The summed E-state index contributed by atoms with van der Waals surface area (Å²) in [5.74, 6) is -119. The van der Waals surface area contributed by atoms with E-state index < -0.39 is 132 Å². The number of hydrogen-bond donors (Lipinski definition) is 0. The van der Waals surface area contributed by atoms with Crippen LogP contribution in [0.25, 0.3) is 33.6 Å². The minimum absolute atomic E-state index is 0.0756. The molecule has 0 fully saturated rings. The normalized spacial score (nSPS) is 14.9. The van der Waals surface area contributed by atoms with Gasteiger partial charge in [-0.2, -0.15) is 133 Å². The van der Waals surface area contributed by atoms with Gasteiger partial charge in [0.05, 0.1) is 0 Å². The summed E-state index contributed by atoms with van der Waals surface area (Å²) in [6, 6.07) is 11.4. The molecule has 4 aromatic rings. The van der Waals surface area contributed by atoms with E-state index in [2.05, 4.69) is 24.4 Å². The summed E-state index contributed by atoms with van der Waals surface area (Å²) >= 11 is 0. The third-order valence-electron chi connectivity index (χ3n) is 10.2. The summed E-state index contributed by atoms with van der Waals surface area (Å²) in [5, 5.41) is 0. The van der Waals surface area contributed by atoms with Crippen LogP contribution in [-0.4, -0.2) is 124 Å². The van der Waals surface area contributed by atoms with Gasteiger partial charge in [-0.25, -0.2) is 17.6 Å². The van der Waals surface area contributed by atoms with Gasteiger partial charge in [0.15, 0.2) is 19.0 Å². The van der Waals surface area contributed by atoms with Crippen molar-refractivity contribution in [1.29, 1.82) is 0 Å². The van der Waals surface area contributed by atoms with Crippen LogP contribution in [0.15, 0.2) is 78.9 Å². The van der Waals surface area contributed by atoms with Crippen LogP contribution in [0.5, 0.6) is 12.0 Å². The number of hydrogen-bond acceptors (Lipinski definition) is 5. The van der Waals surface area contributed by atoms with Crippen molar-refractivity contribution in [3.63, 3.8) is 0 Å². The van der Waals surface area contributed by atoms with Crippen molar-refractivity contribution in [2.45, 2.75) is 95.8 Å². The quantitative estimate of drug-likeness (QED) is 0.0693. The Bertz CT molecular complexity index is 2490. The summed E-state index contributed by atoms with van der Waals surface area (Å²) in [6.45, 7) is -7.77. The second-order valence-electron chi connectivity index (χ2n) is 15.3. The van der Waals surface area contributed by atoms with Crippen molar-refractivity contribution < 1.29 is 150 Å². The fourth-order valence-corrected chi connectivity index (χ4v) is 5.77. The minimum atomic E-state index is -8.95. The van der Waals surface area contributed by atoms with Crippen molar-refractivity contribution in [2.75, 3.05) is 13.2 Å². The Hall–Kier alpha value is -5.97. The molecule has 0 bridgehead atoms. The molecular weight excluding hydrogens is 1150 g/mol. The van der Waals surface area contributed by atoms with Crippen molar-refractivity contribution in [3.8, 4) is 45.7 Å². The molecule has 1 heterocycles. The number of ether oxygens (including phenoxy) is 2. The zero-order chi connectivity index (χ0) is 58.9. The fourth-order valence-electron chi connectivity index (χ4n) is 5.77. The van der Waals surface area contributed by atoms with Gasteiger partial charge in [0.1, 0.15) is 0 Å². The number of alkyl halides is 32. The van der Waals surface area contributed by atoms with Crippen molar-refractivity contribution in [2.24, 2.45) is 0 Å². The zero-order valence-electron chi connectivity index (χ0n) is 35.3. The Labute approximate surface area is 398 Å². The van der Waals surface area contributed by atoms with Crippen molar-refractivity contribution in [3.05, 3.63) is 78.9 Å². The molecule has 0 aliphatic rings. The second-order valence-corrected chi connectivity index (χ2v) is 15.3. The molecule has 5 nitrogen and oxygen atoms in total. The van der Waals surface area contributed by atoms with Crippen LogP contribution in [0.4, 0.5) is 140 Å². The van der Waals surface area contributed by atoms with E-state index in [9.17, 15) is 140 Å². The summed E-state index contributed by atoms with van der Waals surface area (Å²) in [6.07, 6.45) is -12.4. The van der Waals surface area contributed by atoms with Gasteiger partial charge in [-0.05, 0) is 40.5 Å². The average molecular weight is 1170 g/mol. The first-order chi connectivity index (χ1) is 33.9. The van der Waals surface area contributed by atoms with Crippen LogP contribution in [0.1, 0.15) is 0 Å². The lowest BCUT2D eigenvalue weighted by molar-refractivity contribution is -0.447. The Kier molecular flexibility index (Phi) is 16.0. The highest BCUT2D eigenvalue weighted by Gasteiger charge is 2.95. The lowest BCUT2D eigenvalue weighted by Crippen LogP contribution is -2.74. The maximum absolute atomic E-state index is 14.9. The van der Waals surface area contributed by atoms with Gasteiger partial charge in [-0.15, -0.1) is 4.98 Å². The molecule has 0 aliphatic carbocycles. The molecule has 76 heavy (non-hydrogen) atoms. The maximum atomic E-state index is 14.9. The van der Waals surface area contributed by atoms with E-state index >= 15 is 0 Å². The molecule has 0 atom stereocenters. The van der Waals surface area contributed by atoms with Crippen LogP contribution < -0.4 is 9.47 Å². The number of nitrogens with zero attached hydrogens (tertiary/aromatic N) is 3. The van der Waals surface area contributed by atoms with E-state index in [1.165, 1.54) is 66.7 Å². The molecule has 3 aromatic carbocycles. The standard InChI is InChI=1S/C39H19F32N3O2/c40-22(41)28(48,49)32(56,57)36(64,65)38(68,69)34(60,61)30(52,53)26(44,45)14-75-24-72-21(20-12-18(16-7-3-1-4-8-16)11-19(13-20)17-9-5-2-6-10-17)73-25(74-24)76-15-27(46,47)31(54,55)35(62,63)39(70,71)37(66,67)33(58,59)29(50,51)23(42)43/h1-13,22-23H,14-15H2. The third-order valence-corrected chi connectivity index (χ3v) is 10.2. The predicted molar refractivity (Wildman–Crippen MR) is 188 cm³/mol. The van der Waals surface area contributed by atoms with E-state index in [1.54, 1.807) is 0 Å². The molecule has 0 unspecified atom stereocenters. The Morgan fingerprint density at radius 2 is 0.553 bits per heavy atom. The maximum Gasteiger partial charge on any atom is 0.385 e. The highest BCUT2D eigenvalue weighted by molar-refractivity contribution is 5.79. The second kappa shape index (κ2) is 19.5. The third kappa shape index (κ3) is 9.64. The van der Waals surface area contributed by atoms with Gasteiger partial charge in [0, 0.05) is 5.56 Å². The van der Waals surface area contributed by atoms with Crippen molar-refractivity contribution in [1.82, 2.24) is 15.0 Å². The fraction of sp³-hybridized carbons (Fsp3) is 0.462. The van der Waals surface area contributed by atoms with E-state index in [1.807, 2.05) is 0 Å². The summed E-state index contributed by atoms with van der Waals surface area (Å²) < 4.78 is 454. The van der Waals surface area contributed by atoms with Crippen LogP contribution >= 0.6 is 0 Å². The van der Waals surface area contributed by atoms with Crippen molar-refractivity contribution >= 4 is 0 Å². The van der Waals surface area contributed by atoms with E-state index in [0.29, 0.717) is 0 Å². The van der Waals surface area contributed by atoms with Gasteiger partial charge in [0.25, 0.3) is 0 Å². The molecule has 426 valence electrons. The number of aromatic nitrogens is 3. The van der Waals surface area contributed by atoms with Crippen LogP contribution in [0, 0.1) is 0 Å². The van der Waals surface area contributed by atoms with E-state index in [4.69, 9.17) is 0 Å². The summed E-state index contributed by atoms with van der Waals surface area (Å²) in [7, 11) is 0. The predicted octanol–water partition coefficient (Wildman–Crippen LogP) is 15.1. The minimum Gasteiger partial charge on any atom is -0.457 e. The number of rotatable bonds is 23. The molecule has 0 aliphatic heterocycles. The molecule has 0 amide bonds. The molecule has 0 saturated heterocycles. The van der Waals surface area contributed by atoms with Gasteiger partial charge >= 0.3 is 108 Å². The molecule has 1 aromatic heterocycles. The highest BCUT2D eigenvalue weighted by Crippen LogP contribution is 2.65. The van der Waals surface area contributed by atoms with Gasteiger partial charge in [0.2, 0.25) is 0 Å². The van der Waals surface area contributed by atoms with E-state index in [0.717, 1.165) is 12.1 Å². The molecule has 0 N–H and O–H groups in total. The first-order valence-corrected chi connectivity index (χ1v) is 19.1. The average Bonchev–Trinajstić information content (AvgIpc) is 3.32. The monoisotopic (exact) mass is 1170 g/mol. The Morgan fingerprint density at radius 3 is 0.829 bits per heavy atom. The highest BCUT2D eigenvalue weighted by atomic mass is 19.4. The molecule has 0 saturated carbocycles. The lowest BCUT2D eigenvalue weighted by atomic mass is 9.89. The first kappa shape index (κ1) is 62.6. The molecule has 4 rings (SSSR count). The van der Waals surface area contributed by atoms with Gasteiger partial charge < -0.3 is 9.47 Å². The van der Waals surface area contributed by atoms with Crippen LogP contribution in [-0.2, 0) is 0 Å². The molecule has 0 radical (unpaired) electrons. The van der Waals surface area contributed by atoms with Crippen LogP contribution in [0.2, 0.25) is 0 Å². The topological polar surface area (TPSA) is 57.1 Å². The first-order valence-electron chi connectivity index (χ1n) is 19.1. The Morgan fingerprint density at radius 1 is 0.303 bits per heavy atom.